The Morgan fingerprint density at radius 2 is 1.75 bits per heavy atom. The summed E-state index contributed by atoms with van der Waals surface area (Å²) in [7, 11) is 0. The predicted octanol–water partition coefficient (Wildman–Crippen LogP) is 4.29. The van der Waals surface area contributed by atoms with Crippen molar-refractivity contribution in [3.63, 3.8) is 0 Å². The van der Waals surface area contributed by atoms with E-state index in [-0.39, 0.29) is 0 Å². The molecule has 3 rings (SSSR count). The monoisotopic (exact) mass is 374 g/mol. The number of halogens is 3. The molecular weight excluding hydrogens is 367 g/mol. The summed E-state index contributed by atoms with van der Waals surface area (Å²) in [5, 5.41) is 0.678. The standard InChI is InChI=1S/C13H9BrCl2N2O2/c1-6-11(15)17-13(18-12(6)16)7-4-8(14)10-9(5-7)19-2-3-20-10/h4-5H,2-3H2,1H3. The van der Waals surface area contributed by atoms with Crippen LogP contribution in [0.5, 0.6) is 11.5 Å². The molecule has 0 bridgehead atoms. The Morgan fingerprint density at radius 1 is 1.10 bits per heavy atom. The van der Waals surface area contributed by atoms with Gasteiger partial charge in [-0.15, -0.1) is 0 Å². The molecule has 0 radical (unpaired) electrons. The molecule has 1 aliphatic rings. The van der Waals surface area contributed by atoms with Crippen molar-refractivity contribution in [2.24, 2.45) is 0 Å². The summed E-state index contributed by atoms with van der Waals surface area (Å²) in [5.74, 6) is 1.78. The number of hydrogen-bond acceptors (Lipinski definition) is 4. The summed E-state index contributed by atoms with van der Waals surface area (Å²) in [4.78, 5) is 8.49. The molecule has 1 aromatic heterocycles. The Bertz CT molecular complexity index is 671. The van der Waals surface area contributed by atoms with Crippen molar-refractivity contribution in [3.8, 4) is 22.9 Å². The molecule has 4 nitrogen and oxygen atoms in total. The van der Waals surface area contributed by atoms with E-state index in [1.807, 2.05) is 12.1 Å². The van der Waals surface area contributed by atoms with E-state index in [9.17, 15) is 0 Å². The van der Waals surface area contributed by atoms with Crippen molar-refractivity contribution >= 4 is 39.1 Å². The van der Waals surface area contributed by atoms with E-state index in [4.69, 9.17) is 32.7 Å². The van der Waals surface area contributed by atoms with Crippen LogP contribution < -0.4 is 9.47 Å². The van der Waals surface area contributed by atoms with Crippen LogP contribution in [0.15, 0.2) is 16.6 Å². The molecular formula is C13H9BrCl2N2O2. The average Bonchev–Trinajstić information content (AvgIpc) is 2.44. The summed E-state index contributed by atoms with van der Waals surface area (Å²) < 4.78 is 11.9. The first kappa shape index (κ1) is 13.9. The highest BCUT2D eigenvalue weighted by molar-refractivity contribution is 9.10. The zero-order chi connectivity index (χ0) is 14.3. The molecule has 0 aliphatic carbocycles. The zero-order valence-corrected chi connectivity index (χ0v) is 13.5. The highest BCUT2D eigenvalue weighted by atomic mass is 79.9. The van der Waals surface area contributed by atoms with Crippen molar-refractivity contribution in [2.45, 2.75) is 6.92 Å². The van der Waals surface area contributed by atoms with E-state index in [1.54, 1.807) is 6.92 Å². The van der Waals surface area contributed by atoms with Gasteiger partial charge in [0.25, 0.3) is 0 Å². The van der Waals surface area contributed by atoms with Gasteiger partial charge in [-0.1, -0.05) is 23.2 Å². The maximum absolute atomic E-state index is 6.05. The lowest BCUT2D eigenvalue weighted by Gasteiger charge is -2.20. The van der Waals surface area contributed by atoms with Crippen molar-refractivity contribution in [1.82, 2.24) is 9.97 Å². The van der Waals surface area contributed by atoms with Gasteiger partial charge in [0.15, 0.2) is 17.3 Å². The van der Waals surface area contributed by atoms with Crippen LogP contribution >= 0.6 is 39.1 Å². The van der Waals surface area contributed by atoms with Crippen molar-refractivity contribution in [1.29, 1.82) is 0 Å². The molecule has 0 unspecified atom stereocenters. The molecule has 0 spiro atoms. The summed E-state index contributed by atoms with van der Waals surface area (Å²) in [6.45, 7) is 2.82. The first-order chi connectivity index (χ1) is 9.56. The molecule has 20 heavy (non-hydrogen) atoms. The summed E-state index contributed by atoms with van der Waals surface area (Å²) in [5.41, 5.74) is 1.42. The molecule has 1 aromatic carbocycles. The van der Waals surface area contributed by atoms with Crippen molar-refractivity contribution in [3.05, 3.63) is 32.5 Å². The van der Waals surface area contributed by atoms with Gasteiger partial charge in [-0.05, 0) is 35.0 Å². The SMILES string of the molecule is Cc1c(Cl)nc(-c2cc(Br)c3c(c2)OCCO3)nc1Cl. The highest BCUT2D eigenvalue weighted by Gasteiger charge is 2.18. The first-order valence-electron chi connectivity index (χ1n) is 5.85. The van der Waals surface area contributed by atoms with Crippen LogP contribution in [0.4, 0.5) is 0 Å². The van der Waals surface area contributed by atoms with Crippen molar-refractivity contribution in [2.75, 3.05) is 13.2 Å². The normalized spacial score (nSPS) is 13.4. The summed E-state index contributed by atoms with van der Waals surface area (Å²) in [6, 6.07) is 3.67. The molecule has 0 saturated carbocycles. The van der Waals surface area contributed by atoms with Crippen LogP contribution in [0.25, 0.3) is 11.4 Å². The Kier molecular flexibility index (Phi) is 3.75. The third-order valence-electron chi connectivity index (χ3n) is 2.88. The minimum absolute atomic E-state index is 0.339. The average molecular weight is 376 g/mol. The van der Waals surface area contributed by atoms with Gasteiger partial charge in [0.1, 0.15) is 23.5 Å². The van der Waals surface area contributed by atoms with Crippen molar-refractivity contribution < 1.29 is 9.47 Å². The zero-order valence-electron chi connectivity index (χ0n) is 10.4. The molecule has 0 saturated heterocycles. The molecule has 2 heterocycles. The number of benzene rings is 1. The van der Waals surface area contributed by atoms with Gasteiger partial charge in [0.05, 0.1) is 4.47 Å². The van der Waals surface area contributed by atoms with Crippen LogP contribution in [0, 0.1) is 6.92 Å². The van der Waals surface area contributed by atoms with Gasteiger partial charge < -0.3 is 9.47 Å². The summed E-state index contributed by atoms with van der Waals surface area (Å²) >= 11 is 15.6. The molecule has 0 amide bonds. The quantitative estimate of drug-likeness (QED) is 0.697. The number of aromatic nitrogens is 2. The Balaban J connectivity index is 2.13. The number of ether oxygens (including phenoxy) is 2. The molecule has 1 aliphatic heterocycles. The van der Waals surface area contributed by atoms with Crippen LogP contribution in [-0.2, 0) is 0 Å². The second-order valence-electron chi connectivity index (χ2n) is 4.24. The fourth-order valence-electron chi connectivity index (χ4n) is 1.83. The lowest BCUT2D eigenvalue weighted by atomic mass is 10.1. The first-order valence-corrected chi connectivity index (χ1v) is 7.40. The maximum Gasteiger partial charge on any atom is 0.175 e. The number of nitrogens with zero attached hydrogens (tertiary/aromatic N) is 2. The van der Waals surface area contributed by atoms with E-state index in [0.717, 1.165) is 10.0 Å². The van der Waals surface area contributed by atoms with E-state index in [1.165, 1.54) is 0 Å². The van der Waals surface area contributed by atoms with E-state index < -0.39 is 0 Å². The molecule has 7 heteroatoms. The van der Waals surface area contributed by atoms with E-state index in [0.29, 0.717) is 46.4 Å². The maximum atomic E-state index is 6.05. The molecule has 104 valence electrons. The minimum atomic E-state index is 0.339. The van der Waals surface area contributed by atoms with Gasteiger partial charge in [-0.3, -0.25) is 0 Å². The van der Waals surface area contributed by atoms with Crippen LogP contribution in [-0.4, -0.2) is 23.2 Å². The predicted molar refractivity (Wildman–Crippen MR) is 80.9 cm³/mol. The smallest absolute Gasteiger partial charge is 0.175 e. The summed E-state index contributed by atoms with van der Waals surface area (Å²) in [6.07, 6.45) is 0. The van der Waals surface area contributed by atoms with E-state index >= 15 is 0 Å². The van der Waals surface area contributed by atoms with Gasteiger partial charge in [-0.2, -0.15) is 0 Å². The van der Waals surface area contributed by atoms with Crippen LogP contribution in [0.3, 0.4) is 0 Å². The third kappa shape index (κ3) is 2.45. The van der Waals surface area contributed by atoms with Gasteiger partial charge >= 0.3 is 0 Å². The van der Waals surface area contributed by atoms with Gasteiger partial charge in [0.2, 0.25) is 0 Å². The lowest BCUT2D eigenvalue weighted by molar-refractivity contribution is 0.170. The minimum Gasteiger partial charge on any atom is -0.486 e. The molecule has 0 fully saturated rings. The van der Waals surface area contributed by atoms with Gasteiger partial charge in [0, 0.05) is 11.1 Å². The highest BCUT2D eigenvalue weighted by Crippen LogP contribution is 2.41. The molecule has 0 atom stereocenters. The largest absolute Gasteiger partial charge is 0.486 e. The molecule has 2 aromatic rings. The third-order valence-corrected chi connectivity index (χ3v) is 4.21. The topological polar surface area (TPSA) is 44.2 Å². The number of rotatable bonds is 1. The lowest BCUT2D eigenvalue weighted by Crippen LogP contribution is -2.15. The second-order valence-corrected chi connectivity index (χ2v) is 5.81. The molecule has 0 N–H and O–H groups in total. The van der Waals surface area contributed by atoms with E-state index in [2.05, 4.69) is 25.9 Å². The second kappa shape index (κ2) is 5.39. The fraction of sp³-hybridized carbons (Fsp3) is 0.231. The number of fused-ring (bicyclic) bond motifs is 1. The Morgan fingerprint density at radius 3 is 2.45 bits per heavy atom. The van der Waals surface area contributed by atoms with Crippen LogP contribution in [0.1, 0.15) is 5.56 Å². The number of hydrogen-bond donors (Lipinski definition) is 0. The Labute approximate surface area is 134 Å². The van der Waals surface area contributed by atoms with Gasteiger partial charge in [-0.25, -0.2) is 9.97 Å². The van der Waals surface area contributed by atoms with Crippen LogP contribution in [0.2, 0.25) is 10.3 Å². The fourth-order valence-corrected chi connectivity index (χ4v) is 2.78. The Hall–Kier alpha value is -1.04.